The van der Waals surface area contributed by atoms with E-state index in [0.717, 1.165) is 30.5 Å². The maximum absolute atomic E-state index is 12.5. The van der Waals surface area contributed by atoms with Crippen molar-refractivity contribution in [2.24, 2.45) is 0 Å². The van der Waals surface area contributed by atoms with Crippen LogP contribution in [0.5, 0.6) is 0 Å². The second-order valence-corrected chi connectivity index (χ2v) is 5.17. The fourth-order valence-corrected chi connectivity index (χ4v) is 2.31. The maximum Gasteiger partial charge on any atom is 0.227 e. The van der Waals surface area contributed by atoms with Gasteiger partial charge in [-0.25, -0.2) is 0 Å². The van der Waals surface area contributed by atoms with Crippen LogP contribution in [0.4, 0.5) is 0 Å². The minimum Gasteiger partial charge on any atom is -0.356 e. The number of hydrogen-bond donors (Lipinski definition) is 1. The molecule has 0 bridgehead atoms. The standard InChI is InChI=1S/C18H22N2O/c1-2-3-11-20-18(21)17(16-7-5-4-6-8-16)14-15-9-12-19-13-10-15/h4-10,12-13,17H,2-3,11,14H2,1H3,(H,20,21). The van der Waals surface area contributed by atoms with E-state index in [2.05, 4.69) is 17.2 Å². The summed E-state index contributed by atoms with van der Waals surface area (Å²) in [6.45, 7) is 2.87. The van der Waals surface area contributed by atoms with E-state index in [1.807, 2.05) is 42.5 Å². The lowest BCUT2D eigenvalue weighted by Gasteiger charge is -2.17. The highest BCUT2D eigenvalue weighted by atomic mass is 16.1. The van der Waals surface area contributed by atoms with Gasteiger partial charge in [0.05, 0.1) is 5.92 Å². The molecular formula is C18H22N2O. The molecule has 1 aromatic heterocycles. The predicted molar refractivity (Wildman–Crippen MR) is 85.0 cm³/mol. The van der Waals surface area contributed by atoms with Crippen LogP contribution in [0, 0.1) is 0 Å². The number of hydrogen-bond acceptors (Lipinski definition) is 2. The summed E-state index contributed by atoms with van der Waals surface area (Å²) in [5.74, 6) is -0.0445. The molecule has 0 aliphatic carbocycles. The van der Waals surface area contributed by atoms with Gasteiger partial charge in [0.25, 0.3) is 0 Å². The zero-order valence-electron chi connectivity index (χ0n) is 12.5. The summed E-state index contributed by atoms with van der Waals surface area (Å²) in [7, 11) is 0. The number of pyridine rings is 1. The Morgan fingerprint density at radius 3 is 2.52 bits per heavy atom. The van der Waals surface area contributed by atoms with Crippen molar-refractivity contribution in [2.45, 2.75) is 32.1 Å². The van der Waals surface area contributed by atoms with Crippen LogP contribution in [0.1, 0.15) is 36.8 Å². The number of unbranched alkanes of at least 4 members (excludes halogenated alkanes) is 1. The Morgan fingerprint density at radius 2 is 1.86 bits per heavy atom. The highest BCUT2D eigenvalue weighted by molar-refractivity contribution is 5.83. The summed E-state index contributed by atoms with van der Waals surface area (Å²) in [4.78, 5) is 16.5. The molecule has 0 saturated heterocycles. The molecule has 1 N–H and O–H groups in total. The van der Waals surface area contributed by atoms with E-state index in [1.165, 1.54) is 0 Å². The van der Waals surface area contributed by atoms with Gasteiger partial charge in [-0.05, 0) is 36.1 Å². The first-order chi connectivity index (χ1) is 10.3. The third-order valence-electron chi connectivity index (χ3n) is 3.54. The molecule has 21 heavy (non-hydrogen) atoms. The number of amides is 1. The minimum atomic E-state index is -0.148. The van der Waals surface area contributed by atoms with E-state index in [4.69, 9.17) is 0 Å². The number of carbonyl (C=O) groups excluding carboxylic acids is 1. The van der Waals surface area contributed by atoms with E-state index < -0.39 is 0 Å². The molecule has 2 rings (SSSR count). The van der Waals surface area contributed by atoms with E-state index in [9.17, 15) is 4.79 Å². The quantitative estimate of drug-likeness (QED) is 0.792. The van der Waals surface area contributed by atoms with Crippen molar-refractivity contribution < 1.29 is 4.79 Å². The summed E-state index contributed by atoms with van der Waals surface area (Å²) < 4.78 is 0. The van der Waals surface area contributed by atoms with E-state index >= 15 is 0 Å². The lowest BCUT2D eigenvalue weighted by atomic mass is 9.91. The van der Waals surface area contributed by atoms with Crippen molar-refractivity contribution in [3.05, 3.63) is 66.0 Å². The number of rotatable bonds is 7. The Morgan fingerprint density at radius 1 is 1.14 bits per heavy atom. The number of nitrogens with zero attached hydrogens (tertiary/aromatic N) is 1. The van der Waals surface area contributed by atoms with Crippen LogP contribution in [-0.2, 0) is 11.2 Å². The lowest BCUT2D eigenvalue weighted by molar-refractivity contribution is -0.122. The molecule has 3 heteroatoms. The van der Waals surface area contributed by atoms with Crippen molar-refractivity contribution in [3.8, 4) is 0 Å². The molecule has 0 saturated carbocycles. The summed E-state index contributed by atoms with van der Waals surface area (Å²) in [6.07, 6.45) is 6.34. The number of carbonyl (C=O) groups is 1. The van der Waals surface area contributed by atoms with Crippen molar-refractivity contribution in [1.82, 2.24) is 10.3 Å². The number of aromatic nitrogens is 1. The van der Waals surface area contributed by atoms with Crippen LogP contribution in [0.25, 0.3) is 0 Å². The van der Waals surface area contributed by atoms with Crippen LogP contribution >= 0.6 is 0 Å². The Kier molecular flexibility index (Phi) is 5.95. The molecule has 0 aliphatic rings. The first-order valence-corrected chi connectivity index (χ1v) is 7.53. The fourth-order valence-electron chi connectivity index (χ4n) is 2.31. The van der Waals surface area contributed by atoms with Crippen LogP contribution in [0.2, 0.25) is 0 Å². The first kappa shape index (κ1) is 15.2. The highest BCUT2D eigenvalue weighted by Gasteiger charge is 2.20. The second kappa shape index (κ2) is 8.20. The van der Waals surface area contributed by atoms with Crippen molar-refractivity contribution in [2.75, 3.05) is 6.54 Å². The number of nitrogens with one attached hydrogen (secondary N) is 1. The van der Waals surface area contributed by atoms with Gasteiger partial charge in [0.1, 0.15) is 0 Å². The zero-order valence-corrected chi connectivity index (χ0v) is 12.5. The summed E-state index contributed by atoms with van der Waals surface area (Å²) in [5, 5.41) is 3.05. The molecule has 0 radical (unpaired) electrons. The second-order valence-electron chi connectivity index (χ2n) is 5.17. The largest absolute Gasteiger partial charge is 0.356 e. The maximum atomic E-state index is 12.5. The van der Waals surface area contributed by atoms with E-state index in [-0.39, 0.29) is 11.8 Å². The summed E-state index contributed by atoms with van der Waals surface area (Å²) >= 11 is 0. The third kappa shape index (κ3) is 4.71. The molecule has 1 atom stereocenters. The Hall–Kier alpha value is -2.16. The van der Waals surface area contributed by atoms with Crippen LogP contribution in [-0.4, -0.2) is 17.4 Å². The van der Waals surface area contributed by atoms with Crippen LogP contribution in [0.15, 0.2) is 54.9 Å². The predicted octanol–water partition coefficient (Wildman–Crippen LogP) is 3.32. The molecule has 0 spiro atoms. The molecule has 0 fully saturated rings. The zero-order chi connectivity index (χ0) is 14.9. The highest BCUT2D eigenvalue weighted by Crippen LogP contribution is 2.21. The molecule has 1 unspecified atom stereocenters. The Labute approximate surface area is 126 Å². The van der Waals surface area contributed by atoms with Gasteiger partial charge >= 0.3 is 0 Å². The smallest absolute Gasteiger partial charge is 0.227 e. The lowest BCUT2D eigenvalue weighted by Crippen LogP contribution is -2.31. The van der Waals surface area contributed by atoms with Gasteiger partial charge in [0.15, 0.2) is 0 Å². The van der Waals surface area contributed by atoms with Gasteiger partial charge in [0, 0.05) is 18.9 Å². The van der Waals surface area contributed by atoms with Crippen LogP contribution < -0.4 is 5.32 Å². The van der Waals surface area contributed by atoms with E-state index in [0.29, 0.717) is 6.42 Å². The summed E-state index contributed by atoms with van der Waals surface area (Å²) in [5.41, 5.74) is 2.19. The molecule has 110 valence electrons. The first-order valence-electron chi connectivity index (χ1n) is 7.53. The van der Waals surface area contributed by atoms with Crippen molar-refractivity contribution in [1.29, 1.82) is 0 Å². The molecule has 2 aromatic rings. The van der Waals surface area contributed by atoms with Gasteiger partial charge in [0.2, 0.25) is 5.91 Å². The normalized spacial score (nSPS) is 11.9. The fraction of sp³-hybridized carbons (Fsp3) is 0.333. The molecule has 1 heterocycles. The Balaban J connectivity index is 2.12. The SMILES string of the molecule is CCCCNC(=O)C(Cc1ccncc1)c1ccccc1. The molecule has 0 aliphatic heterocycles. The molecular weight excluding hydrogens is 260 g/mol. The summed E-state index contributed by atoms with van der Waals surface area (Å²) in [6, 6.07) is 13.9. The minimum absolute atomic E-state index is 0.103. The molecule has 3 nitrogen and oxygen atoms in total. The van der Waals surface area contributed by atoms with Gasteiger partial charge < -0.3 is 5.32 Å². The number of benzene rings is 1. The van der Waals surface area contributed by atoms with Crippen LogP contribution in [0.3, 0.4) is 0 Å². The van der Waals surface area contributed by atoms with Gasteiger partial charge in [-0.15, -0.1) is 0 Å². The Bertz CT molecular complexity index is 540. The van der Waals surface area contributed by atoms with Gasteiger partial charge in [-0.2, -0.15) is 0 Å². The molecule has 1 aromatic carbocycles. The third-order valence-corrected chi connectivity index (χ3v) is 3.54. The molecule has 1 amide bonds. The van der Waals surface area contributed by atoms with Crippen molar-refractivity contribution >= 4 is 5.91 Å². The van der Waals surface area contributed by atoms with Gasteiger partial charge in [-0.1, -0.05) is 43.7 Å². The monoisotopic (exact) mass is 282 g/mol. The van der Waals surface area contributed by atoms with Gasteiger partial charge in [-0.3, -0.25) is 9.78 Å². The topological polar surface area (TPSA) is 42.0 Å². The van der Waals surface area contributed by atoms with Crippen molar-refractivity contribution in [3.63, 3.8) is 0 Å². The average Bonchev–Trinajstić information content (AvgIpc) is 2.54. The average molecular weight is 282 g/mol. The van der Waals surface area contributed by atoms with E-state index in [1.54, 1.807) is 12.4 Å².